The molecule has 2 saturated heterocycles. The standard InChI is InChI=1S/C16H23FN2O3S/c17-13-5-1-2-6-16(13)22-10-7-18-14-11-23(20,21)12-15(14)19-8-3-4-9-19/h1-2,5-6,14-15,18H,3-4,7-12H2/t14-,15-/m0/s1. The Morgan fingerprint density at radius 1 is 1.22 bits per heavy atom. The van der Waals surface area contributed by atoms with Gasteiger partial charge >= 0.3 is 0 Å². The van der Waals surface area contributed by atoms with E-state index in [1.54, 1.807) is 18.2 Å². The Bertz CT molecular complexity index is 632. The molecule has 5 nitrogen and oxygen atoms in total. The van der Waals surface area contributed by atoms with Crippen molar-refractivity contribution in [2.45, 2.75) is 24.9 Å². The third kappa shape index (κ3) is 4.22. The van der Waals surface area contributed by atoms with Crippen LogP contribution in [0.3, 0.4) is 0 Å². The smallest absolute Gasteiger partial charge is 0.165 e. The van der Waals surface area contributed by atoms with Crippen molar-refractivity contribution in [2.24, 2.45) is 0 Å². The van der Waals surface area contributed by atoms with Gasteiger partial charge in [-0.05, 0) is 38.1 Å². The van der Waals surface area contributed by atoms with Crippen LogP contribution < -0.4 is 10.1 Å². The molecule has 128 valence electrons. The SMILES string of the molecule is O=S1(=O)C[C@H](NCCOc2ccccc2F)[C@@H](N2CCCC2)C1. The molecule has 1 aromatic carbocycles. The lowest BCUT2D eigenvalue weighted by molar-refractivity contribution is 0.217. The number of nitrogens with zero attached hydrogens (tertiary/aromatic N) is 1. The summed E-state index contributed by atoms with van der Waals surface area (Å²) in [5, 5.41) is 3.29. The van der Waals surface area contributed by atoms with Crippen molar-refractivity contribution in [1.82, 2.24) is 10.2 Å². The Kier molecular flexibility index (Phi) is 5.18. The van der Waals surface area contributed by atoms with Crippen molar-refractivity contribution in [1.29, 1.82) is 0 Å². The average Bonchev–Trinajstić information content (AvgIpc) is 3.12. The Balaban J connectivity index is 1.51. The maximum absolute atomic E-state index is 13.5. The summed E-state index contributed by atoms with van der Waals surface area (Å²) in [6, 6.07) is 6.26. The van der Waals surface area contributed by atoms with Gasteiger partial charge in [-0.15, -0.1) is 0 Å². The zero-order chi connectivity index (χ0) is 16.3. The molecule has 0 saturated carbocycles. The van der Waals surface area contributed by atoms with Crippen LogP contribution in [0.1, 0.15) is 12.8 Å². The van der Waals surface area contributed by atoms with Crippen LogP contribution in [0.4, 0.5) is 4.39 Å². The summed E-state index contributed by atoms with van der Waals surface area (Å²) in [6.45, 7) is 2.76. The fourth-order valence-electron chi connectivity index (χ4n) is 3.42. The minimum atomic E-state index is -2.98. The van der Waals surface area contributed by atoms with Gasteiger partial charge in [-0.1, -0.05) is 12.1 Å². The lowest BCUT2D eigenvalue weighted by atomic mass is 10.1. The molecule has 2 aliphatic rings. The first-order valence-electron chi connectivity index (χ1n) is 8.10. The molecule has 2 atom stereocenters. The molecule has 1 N–H and O–H groups in total. The summed E-state index contributed by atoms with van der Waals surface area (Å²) in [5.74, 6) is 0.252. The fourth-order valence-corrected chi connectivity index (χ4v) is 5.41. The molecule has 7 heteroatoms. The van der Waals surface area contributed by atoms with Crippen LogP contribution >= 0.6 is 0 Å². The second-order valence-electron chi connectivity index (χ2n) is 6.23. The third-order valence-electron chi connectivity index (χ3n) is 4.54. The van der Waals surface area contributed by atoms with Crippen LogP contribution in [0, 0.1) is 5.82 Å². The van der Waals surface area contributed by atoms with Gasteiger partial charge in [0.2, 0.25) is 0 Å². The molecular formula is C16H23FN2O3S. The van der Waals surface area contributed by atoms with Crippen LogP contribution in [0.15, 0.2) is 24.3 Å². The van der Waals surface area contributed by atoms with E-state index in [4.69, 9.17) is 4.74 Å². The summed E-state index contributed by atoms with van der Waals surface area (Å²) in [4.78, 5) is 2.28. The monoisotopic (exact) mass is 342 g/mol. The van der Waals surface area contributed by atoms with Gasteiger partial charge in [0.05, 0.1) is 11.5 Å². The zero-order valence-electron chi connectivity index (χ0n) is 13.1. The first-order valence-corrected chi connectivity index (χ1v) is 9.92. The van der Waals surface area contributed by atoms with Gasteiger partial charge < -0.3 is 10.1 Å². The molecule has 1 aromatic rings. The van der Waals surface area contributed by atoms with Crippen LogP contribution in [0.25, 0.3) is 0 Å². The normalized spacial score (nSPS) is 27.3. The first-order chi connectivity index (χ1) is 11.1. The molecule has 0 bridgehead atoms. The van der Waals surface area contributed by atoms with Crippen molar-refractivity contribution in [3.05, 3.63) is 30.1 Å². The van der Waals surface area contributed by atoms with E-state index in [1.807, 2.05) is 0 Å². The van der Waals surface area contributed by atoms with Crippen molar-refractivity contribution in [3.8, 4) is 5.75 Å². The van der Waals surface area contributed by atoms with Crippen molar-refractivity contribution >= 4 is 9.84 Å². The molecule has 0 aliphatic carbocycles. The Hall–Kier alpha value is -1.18. The van der Waals surface area contributed by atoms with Gasteiger partial charge in [-0.3, -0.25) is 4.90 Å². The second kappa shape index (κ2) is 7.15. The minimum Gasteiger partial charge on any atom is -0.489 e. The van der Waals surface area contributed by atoms with Gasteiger partial charge in [0, 0.05) is 18.6 Å². The van der Waals surface area contributed by atoms with E-state index < -0.39 is 9.84 Å². The Labute approximate surface area is 136 Å². The lowest BCUT2D eigenvalue weighted by Crippen LogP contribution is -2.49. The molecule has 0 radical (unpaired) electrons. The summed E-state index contributed by atoms with van der Waals surface area (Å²) < 4.78 is 42.8. The third-order valence-corrected chi connectivity index (χ3v) is 6.25. The van der Waals surface area contributed by atoms with Crippen LogP contribution in [0.2, 0.25) is 0 Å². The van der Waals surface area contributed by atoms with Gasteiger partial charge in [0.15, 0.2) is 21.4 Å². The maximum Gasteiger partial charge on any atom is 0.165 e. The summed E-state index contributed by atoms with van der Waals surface area (Å²) in [6.07, 6.45) is 2.28. The highest BCUT2D eigenvalue weighted by Gasteiger charge is 2.41. The molecule has 2 aliphatic heterocycles. The Morgan fingerprint density at radius 2 is 1.96 bits per heavy atom. The fraction of sp³-hybridized carbons (Fsp3) is 0.625. The Morgan fingerprint density at radius 3 is 2.70 bits per heavy atom. The number of likely N-dealkylation sites (tertiary alicyclic amines) is 1. The summed E-state index contributed by atoms with van der Waals surface area (Å²) >= 11 is 0. The van der Waals surface area contributed by atoms with Crippen molar-refractivity contribution in [3.63, 3.8) is 0 Å². The van der Waals surface area contributed by atoms with E-state index in [0.29, 0.717) is 13.2 Å². The first kappa shape index (κ1) is 16.7. The average molecular weight is 342 g/mol. The highest BCUT2D eigenvalue weighted by atomic mass is 32.2. The number of hydrogen-bond acceptors (Lipinski definition) is 5. The zero-order valence-corrected chi connectivity index (χ0v) is 13.9. The molecule has 0 aromatic heterocycles. The van der Waals surface area contributed by atoms with Crippen LogP contribution in [-0.2, 0) is 9.84 Å². The highest BCUT2D eigenvalue weighted by Crippen LogP contribution is 2.22. The number of ether oxygens (including phenoxy) is 1. The molecule has 0 unspecified atom stereocenters. The van der Waals surface area contributed by atoms with Crippen molar-refractivity contribution in [2.75, 3.05) is 37.7 Å². The minimum absolute atomic E-state index is 0.0518. The number of sulfone groups is 1. The molecule has 0 spiro atoms. The van der Waals surface area contributed by atoms with E-state index in [1.165, 1.54) is 6.07 Å². The number of hydrogen-bond donors (Lipinski definition) is 1. The van der Waals surface area contributed by atoms with Crippen LogP contribution in [0.5, 0.6) is 5.75 Å². The molecular weight excluding hydrogens is 319 g/mol. The number of halogens is 1. The predicted molar refractivity (Wildman–Crippen MR) is 86.9 cm³/mol. The van der Waals surface area contributed by atoms with E-state index >= 15 is 0 Å². The van der Waals surface area contributed by atoms with E-state index in [-0.39, 0.29) is 35.2 Å². The largest absolute Gasteiger partial charge is 0.489 e. The molecule has 23 heavy (non-hydrogen) atoms. The summed E-state index contributed by atoms with van der Waals surface area (Å²) in [7, 11) is -2.98. The van der Waals surface area contributed by atoms with E-state index in [9.17, 15) is 12.8 Å². The second-order valence-corrected chi connectivity index (χ2v) is 8.38. The molecule has 2 fully saturated rings. The number of nitrogens with one attached hydrogen (secondary N) is 1. The number of rotatable bonds is 6. The van der Waals surface area contributed by atoms with Gasteiger partial charge in [-0.25, -0.2) is 12.8 Å². The van der Waals surface area contributed by atoms with Crippen LogP contribution in [-0.4, -0.2) is 63.1 Å². The van der Waals surface area contributed by atoms with E-state index in [2.05, 4.69) is 10.2 Å². The summed E-state index contributed by atoms with van der Waals surface area (Å²) in [5.41, 5.74) is 0. The molecule has 0 amide bonds. The van der Waals surface area contributed by atoms with Gasteiger partial charge in [0.1, 0.15) is 6.61 Å². The predicted octanol–water partition coefficient (Wildman–Crippen LogP) is 1.06. The van der Waals surface area contributed by atoms with Gasteiger partial charge in [-0.2, -0.15) is 0 Å². The maximum atomic E-state index is 13.5. The van der Waals surface area contributed by atoms with Crippen molar-refractivity contribution < 1.29 is 17.5 Å². The quantitative estimate of drug-likeness (QED) is 0.784. The van der Waals surface area contributed by atoms with E-state index in [0.717, 1.165) is 25.9 Å². The molecule has 3 rings (SSSR count). The number of benzene rings is 1. The molecule has 2 heterocycles. The highest BCUT2D eigenvalue weighted by molar-refractivity contribution is 7.91. The topological polar surface area (TPSA) is 58.6 Å². The van der Waals surface area contributed by atoms with Gasteiger partial charge in [0.25, 0.3) is 0 Å². The number of para-hydroxylation sites is 1. The lowest BCUT2D eigenvalue weighted by Gasteiger charge is -2.28.